The quantitative estimate of drug-likeness (QED) is 0.115. The third-order valence-electron chi connectivity index (χ3n) is 12.4. The SMILES string of the molecule is COc1ccc(C=Cc2ccc3c(c2)C(=C2c4cc(C=Cc5ccc(OC)cc5)ccc4-c4ccc(C=Cc5ccc(OC)cc5)cc42)c2cc(C=Cc4ccc(OC)cc4)ccc2-3)cc1. The molecule has 0 aromatic heterocycles. The molecule has 0 amide bonds. The molecule has 0 atom stereocenters. The van der Waals surface area contributed by atoms with Gasteiger partial charge in [0.2, 0.25) is 0 Å². The maximum atomic E-state index is 5.42. The van der Waals surface area contributed by atoms with Crippen LogP contribution >= 0.6 is 0 Å². The third kappa shape index (κ3) is 8.53. The second-order valence-corrected chi connectivity index (χ2v) is 16.4. The Kier molecular flexibility index (Phi) is 11.6. The van der Waals surface area contributed by atoms with E-state index >= 15 is 0 Å². The Labute approximate surface area is 387 Å². The molecule has 0 saturated carbocycles. The Hall–Kier alpha value is -8.34. The van der Waals surface area contributed by atoms with Crippen molar-refractivity contribution in [1.82, 2.24) is 0 Å². The summed E-state index contributed by atoms with van der Waals surface area (Å²) >= 11 is 0. The van der Waals surface area contributed by atoms with Gasteiger partial charge in [-0.2, -0.15) is 0 Å². The van der Waals surface area contributed by atoms with E-state index in [1.54, 1.807) is 28.4 Å². The van der Waals surface area contributed by atoms with Crippen LogP contribution < -0.4 is 18.9 Å². The molecule has 0 fully saturated rings. The van der Waals surface area contributed by atoms with Gasteiger partial charge in [-0.1, -0.05) is 146 Å². The van der Waals surface area contributed by atoms with Gasteiger partial charge in [0.15, 0.2) is 0 Å². The zero-order chi connectivity index (χ0) is 45.0. The van der Waals surface area contributed by atoms with E-state index in [0.717, 1.165) is 67.5 Å². The van der Waals surface area contributed by atoms with Crippen molar-refractivity contribution in [3.8, 4) is 45.3 Å². The van der Waals surface area contributed by atoms with E-state index in [9.17, 15) is 0 Å². The lowest BCUT2D eigenvalue weighted by Crippen LogP contribution is -1.93. The molecule has 10 rings (SSSR count). The number of benzene rings is 8. The maximum absolute atomic E-state index is 5.42. The number of fused-ring (bicyclic) bond motifs is 6. The van der Waals surface area contributed by atoms with Crippen LogP contribution in [0.4, 0.5) is 0 Å². The number of methoxy groups -OCH3 is 4. The van der Waals surface area contributed by atoms with Crippen molar-refractivity contribution in [3.63, 3.8) is 0 Å². The molecule has 0 spiro atoms. The molecule has 2 aliphatic rings. The molecule has 0 unspecified atom stereocenters. The number of hydrogen-bond acceptors (Lipinski definition) is 4. The molecule has 2 aliphatic carbocycles. The van der Waals surface area contributed by atoms with E-state index in [4.69, 9.17) is 18.9 Å². The second-order valence-electron chi connectivity index (χ2n) is 16.4. The molecular formula is C62H48O4. The zero-order valence-electron chi connectivity index (χ0n) is 37.4. The molecule has 4 nitrogen and oxygen atoms in total. The van der Waals surface area contributed by atoms with E-state index in [-0.39, 0.29) is 0 Å². The molecule has 0 saturated heterocycles. The Morgan fingerprint density at radius 1 is 0.212 bits per heavy atom. The Morgan fingerprint density at radius 3 is 0.591 bits per heavy atom. The summed E-state index contributed by atoms with van der Waals surface area (Å²) in [5.41, 5.74) is 21.1. The van der Waals surface area contributed by atoms with Gasteiger partial charge in [-0.3, -0.25) is 0 Å². The number of hydrogen-bond donors (Lipinski definition) is 0. The first-order valence-electron chi connectivity index (χ1n) is 22.1. The Morgan fingerprint density at radius 2 is 0.394 bits per heavy atom. The summed E-state index contributed by atoms with van der Waals surface area (Å²) in [5.74, 6) is 3.36. The van der Waals surface area contributed by atoms with E-state index in [1.807, 2.05) is 48.5 Å². The van der Waals surface area contributed by atoms with E-state index < -0.39 is 0 Å². The van der Waals surface area contributed by atoms with Crippen LogP contribution in [-0.2, 0) is 0 Å². The lowest BCUT2D eigenvalue weighted by molar-refractivity contribution is 0.414. The average molecular weight is 857 g/mol. The van der Waals surface area contributed by atoms with E-state index in [2.05, 4.69) is 170 Å². The lowest BCUT2D eigenvalue weighted by Gasteiger charge is -2.13. The van der Waals surface area contributed by atoms with Crippen molar-refractivity contribution in [2.75, 3.05) is 28.4 Å². The highest BCUT2D eigenvalue weighted by Crippen LogP contribution is 2.55. The molecule has 8 aromatic carbocycles. The molecule has 0 N–H and O–H groups in total. The summed E-state index contributed by atoms with van der Waals surface area (Å²) in [6.45, 7) is 0. The Bertz CT molecular complexity index is 2800. The molecule has 320 valence electrons. The maximum Gasteiger partial charge on any atom is 0.118 e. The normalized spacial score (nSPS) is 12.5. The van der Waals surface area contributed by atoms with Gasteiger partial charge in [0, 0.05) is 0 Å². The summed E-state index contributed by atoms with van der Waals surface area (Å²) in [4.78, 5) is 0. The molecule has 8 aromatic rings. The fraction of sp³-hybridized carbons (Fsp3) is 0.0645. The van der Waals surface area contributed by atoms with Crippen molar-refractivity contribution in [1.29, 1.82) is 0 Å². The highest BCUT2D eigenvalue weighted by molar-refractivity contribution is 6.19. The largest absolute Gasteiger partial charge is 0.497 e. The first kappa shape index (κ1) is 41.7. The van der Waals surface area contributed by atoms with Crippen LogP contribution in [0, 0.1) is 0 Å². The lowest BCUT2D eigenvalue weighted by atomic mass is 9.89. The standard InChI is InChI=1S/C62H48O4/c1-63-49-25-13-41(14-26-49)5-9-45-21-33-53-54-34-22-46(10-6-42-15-27-50(64-2)28-16-42)38-58(54)61(57(53)37-45)62-59-39-47(11-7-43-17-29-51(65-3)30-18-43)23-35-55(59)56-36-24-48(40-60(56)62)12-8-44-19-31-52(66-4)32-20-44/h5-40H,1-4H3. The topological polar surface area (TPSA) is 36.9 Å². The zero-order valence-corrected chi connectivity index (χ0v) is 37.4. The van der Waals surface area contributed by atoms with Gasteiger partial charge in [-0.05, 0) is 173 Å². The first-order chi connectivity index (χ1) is 32.5. The van der Waals surface area contributed by atoms with Crippen LogP contribution in [0.25, 0.3) is 82.0 Å². The summed E-state index contributed by atoms with van der Waals surface area (Å²) in [6.07, 6.45) is 17.5. The van der Waals surface area contributed by atoms with Crippen LogP contribution in [-0.4, -0.2) is 28.4 Å². The van der Waals surface area contributed by atoms with Gasteiger partial charge in [0.1, 0.15) is 23.0 Å². The minimum absolute atomic E-state index is 0.841. The predicted molar refractivity (Wildman–Crippen MR) is 276 cm³/mol. The van der Waals surface area contributed by atoms with Crippen LogP contribution in [0.3, 0.4) is 0 Å². The Balaban J connectivity index is 1.15. The van der Waals surface area contributed by atoms with Crippen LogP contribution in [0.5, 0.6) is 23.0 Å². The number of ether oxygens (including phenoxy) is 4. The molecule has 4 heteroatoms. The van der Waals surface area contributed by atoms with Gasteiger partial charge < -0.3 is 18.9 Å². The minimum Gasteiger partial charge on any atom is -0.497 e. The van der Waals surface area contributed by atoms with Gasteiger partial charge in [-0.15, -0.1) is 0 Å². The summed E-state index contributed by atoms with van der Waals surface area (Å²) in [5, 5.41) is 0. The molecule has 0 heterocycles. The second kappa shape index (κ2) is 18.4. The highest BCUT2D eigenvalue weighted by Gasteiger charge is 2.33. The predicted octanol–water partition coefficient (Wildman–Crippen LogP) is 15.4. The minimum atomic E-state index is 0.841. The van der Waals surface area contributed by atoms with Crippen LogP contribution in [0.2, 0.25) is 0 Å². The third-order valence-corrected chi connectivity index (χ3v) is 12.4. The summed E-state index contributed by atoms with van der Waals surface area (Å²) in [6, 6.07) is 60.2. The van der Waals surface area contributed by atoms with Crippen LogP contribution in [0.15, 0.2) is 170 Å². The van der Waals surface area contributed by atoms with Gasteiger partial charge in [-0.25, -0.2) is 0 Å². The van der Waals surface area contributed by atoms with Gasteiger partial charge in [0.25, 0.3) is 0 Å². The molecule has 0 radical (unpaired) electrons. The van der Waals surface area contributed by atoms with Gasteiger partial charge >= 0.3 is 0 Å². The van der Waals surface area contributed by atoms with Crippen molar-refractivity contribution in [2.45, 2.75) is 0 Å². The average Bonchev–Trinajstić information content (AvgIpc) is 3.86. The van der Waals surface area contributed by atoms with Crippen molar-refractivity contribution < 1.29 is 18.9 Å². The van der Waals surface area contributed by atoms with E-state index in [0.29, 0.717) is 0 Å². The molecular weight excluding hydrogens is 809 g/mol. The van der Waals surface area contributed by atoms with Gasteiger partial charge in [0.05, 0.1) is 28.4 Å². The van der Waals surface area contributed by atoms with Crippen molar-refractivity contribution >= 4 is 59.8 Å². The summed E-state index contributed by atoms with van der Waals surface area (Å²) < 4.78 is 21.7. The molecule has 0 aliphatic heterocycles. The monoisotopic (exact) mass is 856 g/mol. The van der Waals surface area contributed by atoms with E-state index in [1.165, 1.54) is 55.7 Å². The van der Waals surface area contributed by atoms with Crippen molar-refractivity contribution in [3.05, 3.63) is 237 Å². The fourth-order valence-electron chi connectivity index (χ4n) is 8.89. The molecule has 0 bridgehead atoms. The van der Waals surface area contributed by atoms with Crippen LogP contribution in [0.1, 0.15) is 66.8 Å². The number of rotatable bonds is 12. The highest BCUT2D eigenvalue weighted by atomic mass is 16.5. The fourth-order valence-corrected chi connectivity index (χ4v) is 8.89. The first-order valence-corrected chi connectivity index (χ1v) is 22.1. The van der Waals surface area contributed by atoms with Crippen molar-refractivity contribution in [2.24, 2.45) is 0 Å². The summed E-state index contributed by atoms with van der Waals surface area (Å²) in [7, 11) is 6.78. The smallest absolute Gasteiger partial charge is 0.118 e. The molecule has 66 heavy (non-hydrogen) atoms.